The number of amides is 2. The summed E-state index contributed by atoms with van der Waals surface area (Å²) in [6.45, 7) is 5.19. The fraction of sp³-hybridized carbons (Fsp3) is 0.360. The molecule has 0 N–H and O–H groups in total. The van der Waals surface area contributed by atoms with Crippen LogP contribution in [0.15, 0.2) is 61.2 Å². The molecule has 1 fully saturated rings. The summed E-state index contributed by atoms with van der Waals surface area (Å²) < 4.78 is 1.70. The van der Waals surface area contributed by atoms with E-state index < -0.39 is 0 Å². The molecular formula is C25H29N5O2. The third-order valence-electron chi connectivity index (χ3n) is 6.34. The smallest absolute Gasteiger partial charge is 0.253 e. The van der Waals surface area contributed by atoms with Gasteiger partial charge in [-0.3, -0.25) is 9.59 Å². The molecule has 2 heterocycles. The second kappa shape index (κ2) is 9.34. The zero-order valence-electron chi connectivity index (χ0n) is 18.8. The van der Waals surface area contributed by atoms with Crippen molar-refractivity contribution in [1.29, 1.82) is 0 Å². The molecule has 7 heteroatoms. The van der Waals surface area contributed by atoms with Crippen molar-refractivity contribution in [3.05, 3.63) is 77.9 Å². The van der Waals surface area contributed by atoms with Crippen LogP contribution in [0.5, 0.6) is 0 Å². The maximum absolute atomic E-state index is 13.3. The summed E-state index contributed by atoms with van der Waals surface area (Å²) >= 11 is 0. The highest BCUT2D eigenvalue weighted by Crippen LogP contribution is 2.26. The number of aromatic nitrogens is 3. The number of carbonyl (C=O) groups excluding carboxylic acids is 2. The molecule has 2 unspecified atom stereocenters. The third kappa shape index (κ3) is 4.56. The Balaban J connectivity index is 1.41. The van der Waals surface area contributed by atoms with Crippen LogP contribution in [0.3, 0.4) is 0 Å². The summed E-state index contributed by atoms with van der Waals surface area (Å²) in [4.78, 5) is 33.8. The first kappa shape index (κ1) is 21.7. The van der Waals surface area contributed by atoms with Crippen LogP contribution >= 0.6 is 0 Å². The van der Waals surface area contributed by atoms with Crippen molar-refractivity contribution in [3.63, 3.8) is 0 Å². The normalized spacial score (nSPS) is 17.1. The third-order valence-corrected chi connectivity index (χ3v) is 6.34. The number of hydrogen-bond donors (Lipinski definition) is 0. The van der Waals surface area contributed by atoms with E-state index in [-0.39, 0.29) is 23.8 Å². The van der Waals surface area contributed by atoms with Gasteiger partial charge in [-0.1, -0.05) is 29.8 Å². The molecule has 1 saturated heterocycles. The standard InChI is InChI=1S/C25H29N5O2/c1-18-6-8-21(9-7-18)25(32)29-14-4-5-22(15-29)24(31)28(3)19(2)20-10-12-23(13-11-20)30-17-26-16-27-30/h6-13,16-17,19,22H,4-5,14-15H2,1-3H3. The molecule has 32 heavy (non-hydrogen) atoms. The van der Waals surface area contributed by atoms with E-state index in [2.05, 4.69) is 10.1 Å². The second-order valence-corrected chi connectivity index (χ2v) is 8.51. The molecule has 3 aromatic rings. The number of likely N-dealkylation sites (tertiary alicyclic amines) is 1. The van der Waals surface area contributed by atoms with Gasteiger partial charge in [-0.05, 0) is 56.5 Å². The summed E-state index contributed by atoms with van der Waals surface area (Å²) in [6.07, 6.45) is 4.79. The van der Waals surface area contributed by atoms with E-state index in [0.29, 0.717) is 18.7 Å². The van der Waals surface area contributed by atoms with E-state index in [0.717, 1.165) is 29.7 Å². The highest BCUT2D eigenvalue weighted by molar-refractivity contribution is 5.94. The fourth-order valence-electron chi connectivity index (χ4n) is 4.19. The number of rotatable bonds is 5. The minimum atomic E-state index is -0.181. The molecule has 2 aromatic carbocycles. The number of piperidine rings is 1. The molecule has 0 spiro atoms. The monoisotopic (exact) mass is 431 g/mol. The van der Waals surface area contributed by atoms with Crippen molar-refractivity contribution in [2.75, 3.05) is 20.1 Å². The molecular weight excluding hydrogens is 402 g/mol. The average Bonchev–Trinajstić information content (AvgIpc) is 3.38. The zero-order valence-corrected chi connectivity index (χ0v) is 18.8. The number of hydrogen-bond acceptors (Lipinski definition) is 4. The molecule has 2 atom stereocenters. The van der Waals surface area contributed by atoms with E-state index in [9.17, 15) is 9.59 Å². The van der Waals surface area contributed by atoms with Gasteiger partial charge in [-0.2, -0.15) is 5.10 Å². The van der Waals surface area contributed by atoms with Crippen LogP contribution in [-0.4, -0.2) is 56.5 Å². The van der Waals surface area contributed by atoms with Gasteiger partial charge in [-0.15, -0.1) is 0 Å². The lowest BCUT2D eigenvalue weighted by atomic mass is 9.94. The number of nitrogens with zero attached hydrogens (tertiary/aromatic N) is 5. The Morgan fingerprint density at radius 3 is 2.47 bits per heavy atom. The van der Waals surface area contributed by atoms with Gasteiger partial charge in [0.15, 0.2) is 0 Å². The van der Waals surface area contributed by atoms with Gasteiger partial charge in [0.05, 0.1) is 17.6 Å². The van der Waals surface area contributed by atoms with Crippen molar-refractivity contribution in [3.8, 4) is 5.69 Å². The molecule has 0 bridgehead atoms. The Hall–Kier alpha value is -3.48. The SMILES string of the molecule is Cc1ccc(C(=O)N2CCCC(C(=O)N(C)C(C)c3ccc(-n4cncn4)cc3)C2)cc1. The van der Waals surface area contributed by atoms with Crippen LogP contribution in [0.2, 0.25) is 0 Å². The first-order valence-corrected chi connectivity index (χ1v) is 11.0. The maximum Gasteiger partial charge on any atom is 0.253 e. The molecule has 0 aliphatic carbocycles. The largest absolute Gasteiger partial charge is 0.339 e. The summed E-state index contributed by atoms with van der Waals surface area (Å²) in [5.41, 5.74) is 3.77. The van der Waals surface area contributed by atoms with E-state index in [1.165, 1.54) is 6.33 Å². The van der Waals surface area contributed by atoms with Crippen LogP contribution < -0.4 is 0 Å². The summed E-state index contributed by atoms with van der Waals surface area (Å²) in [5, 5.41) is 4.14. The average molecular weight is 432 g/mol. The molecule has 0 radical (unpaired) electrons. The van der Waals surface area contributed by atoms with E-state index in [1.54, 1.807) is 15.9 Å². The van der Waals surface area contributed by atoms with Crippen molar-refractivity contribution in [2.24, 2.45) is 5.92 Å². The number of carbonyl (C=O) groups is 2. The van der Waals surface area contributed by atoms with Crippen molar-refractivity contribution in [1.82, 2.24) is 24.6 Å². The predicted molar refractivity (Wildman–Crippen MR) is 122 cm³/mol. The Morgan fingerprint density at radius 2 is 1.81 bits per heavy atom. The molecule has 2 amide bonds. The molecule has 7 nitrogen and oxygen atoms in total. The first-order chi connectivity index (χ1) is 15.4. The first-order valence-electron chi connectivity index (χ1n) is 11.0. The summed E-state index contributed by atoms with van der Waals surface area (Å²) in [6, 6.07) is 15.5. The van der Waals surface area contributed by atoms with Gasteiger partial charge in [0.25, 0.3) is 5.91 Å². The molecule has 1 aromatic heterocycles. The van der Waals surface area contributed by atoms with Crippen LogP contribution in [0.1, 0.15) is 47.3 Å². The van der Waals surface area contributed by atoms with Crippen molar-refractivity contribution >= 4 is 11.8 Å². The lowest BCUT2D eigenvalue weighted by molar-refractivity contribution is -0.137. The quantitative estimate of drug-likeness (QED) is 0.618. The maximum atomic E-state index is 13.3. The lowest BCUT2D eigenvalue weighted by Crippen LogP contribution is -2.46. The van der Waals surface area contributed by atoms with Gasteiger partial charge in [0, 0.05) is 25.7 Å². The number of aryl methyl sites for hydroxylation is 1. The van der Waals surface area contributed by atoms with Gasteiger partial charge in [0.2, 0.25) is 5.91 Å². The minimum absolute atomic E-state index is 0.00176. The highest BCUT2D eigenvalue weighted by atomic mass is 16.2. The Morgan fingerprint density at radius 1 is 1.09 bits per heavy atom. The highest BCUT2D eigenvalue weighted by Gasteiger charge is 2.32. The molecule has 4 rings (SSSR count). The summed E-state index contributed by atoms with van der Waals surface area (Å²) in [7, 11) is 1.85. The zero-order chi connectivity index (χ0) is 22.7. The molecule has 166 valence electrons. The van der Waals surface area contributed by atoms with Crippen LogP contribution in [0, 0.1) is 12.8 Å². The fourth-order valence-corrected chi connectivity index (χ4v) is 4.19. The Labute approximate surface area is 188 Å². The van der Waals surface area contributed by atoms with Crippen LogP contribution in [0.4, 0.5) is 0 Å². The van der Waals surface area contributed by atoms with E-state index >= 15 is 0 Å². The molecule has 1 aliphatic heterocycles. The van der Waals surface area contributed by atoms with Gasteiger partial charge in [-0.25, -0.2) is 9.67 Å². The van der Waals surface area contributed by atoms with Crippen LogP contribution in [0.25, 0.3) is 5.69 Å². The minimum Gasteiger partial charge on any atom is -0.339 e. The second-order valence-electron chi connectivity index (χ2n) is 8.51. The Kier molecular flexibility index (Phi) is 6.35. The van der Waals surface area contributed by atoms with E-state index in [1.807, 2.05) is 74.3 Å². The molecule has 0 saturated carbocycles. The molecule has 1 aliphatic rings. The number of benzene rings is 2. The topological polar surface area (TPSA) is 71.3 Å². The van der Waals surface area contributed by atoms with Crippen molar-refractivity contribution in [2.45, 2.75) is 32.7 Å². The predicted octanol–water partition coefficient (Wildman–Crippen LogP) is 3.65. The summed E-state index contributed by atoms with van der Waals surface area (Å²) in [5.74, 6) is -0.0961. The lowest BCUT2D eigenvalue weighted by Gasteiger charge is -2.36. The van der Waals surface area contributed by atoms with Gasteiger partial charge < -0.3 is 9.80 Å². The van der Waals surface area contributed by atoms with Crippen molar-refractivity contribution < 1.29 is 9.59 Å². The van der Waals surface area contributed by atoms with Gasteiger partial charge in [0.1, 0.15) is 12.7 Å². The van der Waals surface area contributed by atoms with Crippen LogP contribution in [-0.2, 0) is 4.79 Å². The van der Waals surface area contributed by atoms with E-state index in [4.69, 9.17) is 0 Å². The van der Waals surface area contributed by atoms with Gasteiger partial charge >= 0.3 is 0 Å². The Bertz CT molecular complexity index is 1060.